The summed E-state index contributed by atoms with van der Waals surface area (Å²) < 4.78 is 17.3. The molecule has 0 unspecified atom stereocenters. The van der Waals surface area contributed by atoms with Crippen molar-refractivity contribution in [3.05, 3.63) is 28.2 Å². The summed E-state index contributed by atoms with van der Waals surface area (Å²) in [5.74, 6) is -1.65. The van der Waals surface area contributed by atoms with Crippen molar-refractivity contribution in [3.63, 3.8) is 0 Å². The fraction of sp³-hybridized carbons (Fsp3) is 0.167. The number of nitro groups is 1. The monoisotopic (exact) mass is 172 g/mol. The summed E-state index contributed by atoms with van der Waals surface area (Å²) >= 11 is 0. The van der Waals surface area contributed by atoms with E-state index < -0.39 is 16.6 Å². The van der Waals surface area contributed by atoms with Crippen LogP contribution in [0, 0.1) is 15.9 Å². The zero-order valence-corrected chi connectivity index (χ0v) is 6.15. The molecule has 0 aliphatic rings. The van der Waals surface area contributed by atoms with Crippen molar-refractivity contribution in [2.24, 2.45) is 0 Å². The normalized spacial score (nSPS) is 9.50. The van der Waals surface area contributed by atoms with Gasteiger partial charge in [-0.05, 0) is 9.91 Å². The number of halogens is 1. The summed E-state index contributed by atoms with van der Waals surface area (Å²) in [6.45, 7) is 0. The zero-order chi connectivity index (χ0) is 9.14. The van der Waals surface area contributed by atoms with E-state index in [0.717, 1.165) is 12.3 Å². The number of nitrogens with zero attached hydrogens (tertiary/aromatic N) is 2. The number of rotatable bonds is 2. The van der Waals surface area contributed by atoms with Gasteiger partial charge in [0.15, 0.2) is 11.9 Å². The lowest BCUT2D eigenvalue weighted by molar-refractivity contribution is -0.392. The van der Waals surface area contributed by atoms with Gasteiger partial charge in [0.1, 0.15) is 0 Å². The Hall–Kier alpha value is -1.72. The van der Waals surface area contributed by atoms with Crippen LogP contribution in [-0.2, 0) is 0 Å². The molecule has 0 fully saturated rings. The van der Waals surface area contributed by atoms with Crippen LogP contribution < -0.4 is 4.74 Å². The first-order valence-corrected chi connectivity index (χ1v) is 2.99. The maximum Gasteiger partial charge on any atom is 0.399 e. The van der Waals surface area contributed by atoms with Crippen molar-refractivity contribution in [1.29, 1.82) is 0 Å². The molecule has 1 rings (SSSR count). The second kappa shape index (κ2) is 3.12. The van der Waals surface area contributed by atoms with E-state index in [1.807, 2.05) is 0 Å². The number of methoxy groups -OCH3 is 1. The highest BCUT2D eigenvalue weighted by molar-refractivity contribution is 5.28. The number of hydrogen-bond acceptors (Lipinski definition) is 4. The SMILES string of the molecule is COc1cnc([N+](=O)[O-])c(F)c1. The molecule has 1 aromatic rings. The molecular weight excluding hydrogens is 167 g/mol. The predicted molar refractivity (Wildman–Crippen MR) is 37.4 cm³/mol. The molecular formula is C6H5FN2O3. The van der Waals surface area contributed by atoms with E-state index in [9.17, 15) is 14.5 Å². The Kier molecular flexibility index (Phi) is 2.18. The van der Waals surface area contributed by atoms with Crippen molar-refractivity contribution in [2.45, 2.75) is 0 Å². The van der Waals surface area contributed by atoms with Gasteiger partial charge >= 0.3 is 5.82 Å². The Morgan fingerprint density at radius 2 is 2.42 bits per heavy atom. The van der Waals surface area contributed by atoms with Gasteiger partial charge in [0.25, 0.3) is 0 Å². The van der Waals surface area contributed by atoms with Gasteiger partial charge in [-0.2, -0.15) is 4.39 Å². The van der Waals surface area contributed by atoms with E-state index in [1.165, 1.54) is 7.11 Å². The molecule has 0 N–H and O–H groups in total. The first kappa shape index (κ1) is 8.38. The maximum absolute atomic E-state index is 12.7. The van der Waals surface area contributed by atoms with E-state index in [1.54, 1.807) is 0 Å². The highest BCUT2D eigenvalue weighted by Gasteiger charge is 2.15. The highest BCUT2D eigenvalue weighted by atomic mass is 19.1. The molecule has 1 heterocycles. The van der Waals surface area contributed by atoms with Crippen LogP contribution in [-0.4, -0.2) is 17.0 Å². The average molecular weight is 172 g/mol. The van der Waals surface area contributed by atoms with Crippen molar-refractivity contribution in [1.82, 2.24) is 4.98 Å². The summed E-state index contributed by atoms with van der Waals surface area (Å²) in [7, 11) is 1.32. The third kappa shape index (κ3) is 1.47. The molecule has 0 radical (unpaired) electrons. The third-order valence-electron chi connectivity index (χ3n) is 1.21. The van der Waals surface area contributed by atoms with Gasteiger partial charge in [-0.3, -0.25) is 0 Å². The van der Waals surface area contributed by atoms with E-state index >= 15 is 0 Å². The second-order valence-electron chi connectivity index (χ2n) is 1.94. The Morgan fingerprint density at radius 1 is 1.75 bits per heavy atom. The molecule has 64 valence electrons. The van der Waals surface area contributed by atoms with Gasteiger partial charge < -0.3 is 14.9 Å². The van der Waals surface area contributed by atoms with Crippen LogP contribution in [0.4, 0.5) is 10.2 Å². The summed E-state index contributed by atoms with van der Waals surface area (Å²) in [5, 5.41) is 10.1. The van der Waals surface area contributed by atoms with Crippen LogP contribution in [0.2, 0.25) is 0 Å². The van der Waals surface area contributed by atoms with Crippen molar-refractivity contribution in [3.8, 4) is 5.75 Å². The van der Waals surface area contributed by atoms with Crippen molar-refractivity contribution < 1.29 is 14.1 Å². The van der Waals surface area contributed by atoms with Gasteiger partial charge in [0.05, 0.1) is 7.11 Å². The lowest BCUT2D eigenvalue weighted by Crippen LogP contribution is -1.96. The number of hydrogen-bond donors (Lipinski definition) is 0. The molecule has 0 bridgehead atoms. The number of aromatic nitrogens is 1. The second-order valence-corrected chi connectivity index (χ2v) is 1.94. The Labute approximate surface area is 66.9 Å². The van der Waals surface area contributed by atoms with Gasteiger partial charge in [0.2, 0.25) is 5.82 Å². The van der Waals surface area contributed by atoms with E-state index in [4.69, 9.17) is 0 Å². The molecule has 0 amide bonds. The molecule has 0 saturated heterocycles. The summed E-state index contributed by atoms with van der Waals surface area (Å²) in [5.41, 5.74) is 0. The van der Waals surface area contributed by atoms with E-state index in [0.29, 0.717) is 0 Å². The van der Waals surface area contributed by atoms with Crippen LogP contribution in [0.25, 0.3) is 0 Å². The smallest absolute Gasteiger partial charge is 0.399 e. The van der Waals surface area contributed by atoms with Gasteiger partial charge in [0, 0.05) is 6.07 Å². The molecule has 12 heavy (non-hydrogen) atoms. The van der Waals surface area contributed by atoms with Crippen LogP contribution in [0.3, 0.4) is 0 Å². The Morgan fingerprint density at radius 3 is 2.83 bits per heavy atom. The number of pyridine rings is 1. The highest BCUT2D eigenvalue weighted by Crippen LogP contribution is 2.18. The fourth-order valence-electron chi connectivity index (χ4n) is 0.659. The summed E-state index contributed by atoms with van der Waals surface area (Å²) in [6.07, 6.45) is 1.08. The first-order valence-electron chi connectivity index (χ1n) is 2.99. The van der Waals surface area contributed by atoms with Crippen molar-refractivity contribution in [2.75, 3.05) is 7.11 Å². The third-order valence-corrected chi connectivity index (χ3v) is 1.21. The molecule has 0 spiro atoms. The fourth-order valence-corrected chi connectivity index (χ4v) is 0.659. The number of ether oxygens (including phenoxy) is 1. The largest absolute Gasteiger partial charge is 0.493 e. The molecule has 0 saturated carbocycles. The Balaban J connectivity index is 3.12. The minimum atomic E-state index is -1.00. The molecule has 6 heteroatoms. The van der Waals surface area contributed by atoms with Crippen LogP contribution in [0.1, 0.15) is 0 Å². The molecule has 0 atom stereocenters. The summed E-state index contributed by atoms with van der Waals surface area (Å²) in [4.78, 5) is 12.4. The van der Waals surface area contributed by atoms with Crippen LogP contribution in [0.5, 0.6) is 5.75 Å². The lowest BCUT2D eigenvalue weighted by Gasteiger charge is -1.96. The topological polar surface area (TPSA) is 65.3 Å². The molecule has 0 aliphatic carbocycles. The predicted octanol–water partition coefficient (Wildman–Crippen LogP) is 1.14. The summed E-state index contributed by atoms with van der Waals surface area (Å²) in [6, 6.07) is 0.908. The molecule has 0 aromatic carbocycles. The minimum absolute atomic E-state index is 0.151. The molecule has 1 aromatic heterocycles. The van der Waals surface area contributed by atoms with Crippen molar-refractivity contribution >= 4 is 5.82 Å². The Bertz CT molecular complexity index is 316. The quantitative estimate of drug-likeness (QED) is 0.495. The maximum atomic E-state index is 12.7. The first-order chi connectivity index (χ1) is 5.65. The standard InChI is InChI=1S/C6H5FN2O3/c1-12-4-2-5(7)6(8-3-4)9(10)11/h2-3H,1H3. The molecule has 5 nitrogen and oxygen atoms in total. The molecule has 0 aliphatic heterocycles. The minimum Gasteiger partial charge on any atom is -0.493 e. The lowest BCUT2D eigenvalue weighted by atomic mass is 10.4. The van der Waals surface area contributed by atoms with Crippen LogP contribution >= 0.6 is 0 Å². The van der Waals surface area contributed by atoms with Gasteiger partial charge in [-0.15, -0.1) is 0 Å². The van der Waals surface area contributed by atoms with Gasteiger partial charge in [-0.25, -0.2) is 0 Å². The van der Waals surface area contributed by atoms with E-state index in [-0.39, 0.29) is 5.75 Å². The van der Waals surface area contributed by atoms with Gasteiger partial charge in [-0.1, -0.05) is 0 Å². The van der Waals surface area contributed by atoms with Crippen LogP contribution in [0.15, 0.2) is 12.3 Å². The average Bonchev–Trinajstić information content (AvgIpc) is 2.03. The zero-order valence-electron chi connectivity index (χ0n) is 6.15. The van der Waals surface area contributed by atoms with E-state index in [2.05, 4.69) is 9.72 Å².